The number of nitro benzene ring substituents is 1. The molecule has 0 radical (unpaired) electrons. The van der Waals surface area contributed by atoms with Crippen LogP contribution in [-0.2, 0) is 4.74 Å². The number of nitrogens with zero attached hydrogens (tertiary/aromatic N) is 2. The van der Waals surface area contributed by atoms with Gasteiger partial charge in [0.2, 0.25) is 0 Å². The molecule has 0 aliphatic carbocycles. The number of non-ortho nitro benzene ring substituents is 1. The first-order valence-electron chi connectivity index (χ1n) is 9.52. The second kappa shape index (κ2) is 8.84. The zero-order valence-electron chi connectivity index (χ0n) is 16.2. The Hall–Kier alpha value is -2.93. The Balaban J connectivity index is 1.86. The molecule has 1 heterocycles. The van der Waals surface area contributed by atoms with Crippen LogP contribution in [0.1, 0.15) is 42.1 Å². The van der Waals surface area contributed by atoms with Gasteiger partial charge in [0, 0.05) is 30.9 Å². The number of carbonyl (C=O) groups is 1. The molecule has 1 atom stereocenters. The number of morpholine rings is 1. The van der Waals surface area contributed by atoms with Gasteiger partial charge in [0.1, 0.15) is 0 Å². The number of rotatable bonds is 6. The highest BCUT2D eigenvalue weighted by Gasteiger charge is 2.22. The Morgan fingerprint density at radius 3 is 2.50 bits per heavy atom. The van der Waals surface area contributed by atoms with Crippen molar-refractivity contribution in [1.29, 1.82) is 0 Å². The summed E-state index contributed by atoms with van der Waals surface area (Å²) < 4.78 is 5.37. The largest absolute Gasteiger partial charge is 0.378 e. The summed E-state index contributed by atoms with van der Waals surface area (Å²) in [6.45, 7) is 6.70. The predicted octanol–water partition coefficient (Wildman–Crippen LogP) is 4.20. The molecule has 1 fully saturated rings. The van der Waals surface area contributed by atoms with E-state index in [9.17, 15) is 14.9 Å². The molecule has 0 unspecified atom stereocenters. The van der Waals surface area contributed by atoms with Crippen LogP contribution in [0, 0.1) is 10.1 Å². The van der Waals surface area contributed by atoms with E-state index < -0.39 is 4.92 Å². The lowest BCUT2D eigenvalue weighted by atomic mass is 9.98. The molecule has 7 nitrogen and oxygen atoms in total. The fourth-order valence-electron chi connectivity index (χ4n) is 3.23. The van der Waals surface area contributed by atoms with Gasteiger partial charge >= 0.3 is 0 Å². The number of amides is 1. The zero-order valence-corrected chi connectivity index (χ0v) is 16.2. The summed E-state index contributed by atoms with van der Waals surface area (Å²) in [5, 5.41) is 14.1. The van der Waals surface area contributed by atoms with Crippen LogP contribution in [0.5, 0.6) is 0 Å². The molecule has 1 amide bonds. The minimum Gasteiger partial charge on any atom is -0.378 e. The Morgan fingerprint density at radius 2 is 1.89 bits per heavy atom. The minimum atomic E-state index is -0.485. The average Bonchev–Trinajstić information content (AvgIpc) is 2.73. The van der Waals surface area contributed by atoms with E-state index in [2.05, 4.69) is 19.2 Å². The van der Waals surface area contributed by atoms with Gasteiger partial charge in [-0.15, -0.1) is 0 Å². The van der Waals surface area contributed by atoms with Crippen LogP contribution in [0.4, 0.5) is 17.1 Å². The van der Waals surface area contributed by atoms with E-state index >= 15 is 0 Å². The van der Waals surface area contributed by atoms with Crippen molar-refractivity contribution < 1.29 is 14.5 Å². The molecule has 2 aromatic carbocycles. The first-order chi connectivity index (χ1) is 13.5. The molecule has 148 valence electrons. The molecule has 1 N–H and O–H groups in total. The molecule has 3 rings (SSSR count). The van der Waals surface area contributed by atoms with Gasteiger partial charge in [-0.25, -0.2) is 0 Å². The lowest BCUT2D eigenvalue weighted by molar-refractivity contribution is -0.384. The highest BCUT2D eigenvalue weighted by atomic mass is 16.6. The molecule has 0 bridgehead atoms. The van der Waals surface area contributed by atoms with Gasteiger partial charge in [-0.1, -0.05) is 26.0 Å². The van der Waals surface area contributed by atoms with Crippen LogP contribution in [0.3, 0.4) is 0 Å². The van der Waals surface area contributed by atoms with Crippen LogP contribution in [0.25, 0.3) is 0 Å². The Labute approximate surface area is 164 Å². The van der Waals surface area contributed by atoms with Gasteiger partial charge in [-0.2, -0.15) is 0 Å². The average molecular weight is 383 g/mol. The highest BCUT2D eigenvalue weighted by Crippen LogP contribution is 2.28. The second-order valence-electron chi connectivity index (χ2n) is 6.94. The van der Waals surface area contributed by atoms with Gasteiger partial charge in [-0.3, -0.25) is 14.9 Å². The fraction of sp³-hybridized carbons (Fsp3) is 0.381. The number of nitrogens with one attached hydrogen (secondary N) is 1. The molecule has 1 saturated heterocycles. The zero-order chi connectivity index (χ0) is 20.1. The number of carbonyl (C=O) groups excluding carboxylic acids is 1. The minimum absolute atomic E-state index is 0.103. The highest BCUT2D eigenvalue weighted by molar-refractivity contribution is 6.08. The molecule has 1 aliphatic heterocycles. The molecular formula is C21H25N3O4. The van der Waals surface area contributed by atoms with Crippen molar-refractivity contribution in [3.8, 4) is 0 Å². The molecule has 0 spiro atoms. The van der Waals surface area contributed by atoms with E-state index in [0.717, 1.165) is 6.42 Å². The van der Waals surface area contributed by atoms with Gasteiger partial charge in [-0.05, 0) is 36.1 Å². The summed E-state index contributed by atoms with van der Waals surface area (Å²) in [6.07, 6.45) is 1.04. The third-order valence-electron chi connectivity index (χ3n) is 5.14. The summed E-state index contributed by atoms with van der Waals surface area (Å²) in [5.41, 5.74) is 2.75. The standard InChI is InChI=1S/C21H25N3O4/c1-3-15(2)16-4-6-17(7-5-16)22-21(25)19-14-18(24(26)27)8-9-20(19)23-10-12-28-13-11-23/h4-9,14-15H,3,10-13H2,1-2H3,(H,22,25)/t15-/m1/s1. The van der Waals surface area contributed by atoms with E-state index in [1.165, 1.54) is 17.7 Å². The maximum Gasteiger partial charge on any atom is 0.270 e. The quantitative estimate of drug-likeness (QED) is 0.597. The van der Waals surface area contributed by atoms with Crippen LogP contribution in [0.2, 0.25) is 0 Å². The monoisotopic (exact) mass is 383 g/mol. The van der Waals surface area contributed by atoms with Crippen molar-refractivity contribution in [2.75, 3.05) is 36.5 Å². The lowest BCUT2D eigenvalue weighted by Gasteiger charge is -2.30. The lowest BCUT2D eigenvalue weighted by Crippen LogP contribution is -2.37. The number of nitro groups is 1. The van der Waals surface area contributed by atoms with Crippen LogP contribution >= 0.6 is 0 Å². The fourth-order valence-corrected chi connectivity index (χ4v) is 3.23. The molecular weight excluding hydrogens is 358 g/mol. The summed E-state index contributed by atoms with van der Waals surface area (Å²) >= 11 is 0. The van der Waals surface area contributed by atoms with Gasteiger partial charge in [0.25, 0.3) is 11.6 Å². The van der Waals surface area contributed by atoms with Crippen LogP contribution in [0.15, 0.2) is 42.5 Å². The molecule has 28 heavy (non-hydrogen) atoms. The second-order valence-corrected chi connectivity index (χ2v) is 6.94. The molecule has 2 aromatic rings. The van der Waals surface area contributed by atoms with E-state index in [-0.39, 0.29) is 11.6 Å². The van der Waals surface area contributed by atoms with Gasteiger partial charge in [0.15, 0.2) is 0 Å². The number of hydrogen-bond acceptors (Lipinski definition) is 5. The van der Waals surface area contributed by atoms with E-state index in [0.29, 0.717) is 49.2 Å². The molecule has 0 saturated carbocycles. The number of ether oxygens (including phenoxy) is 1. The summed E-state index contributed by atoms with van der Waals surface area (Å²) in [6, 6.07) is 12.1. The van der Waals surface area contributed by atoms with Crippen molar-refractivity contribution in [3.63, 3.8) is 0 Å². The maximum atomic E-state index is 12.9. The van der Waals surface area contributed by atoms with Crippen molar-refractivity contribution in [2.24, 2.45) is 0 Å². The van der Waals surface area contributed by atoms with Crippen LogP contribution in [-0.4, -0.2) is 37.1 Å². The normalized spacial score (nSPS) is 15.1. The Bertz CT molecular complexity index is 845. The van der Waals surface area contributed by atoms with Gasteiger partial charge < -0.3 is 15.0 Å². The molecule has 0 aromatic heterocycles. The number of hydrogen-bond donors (Lipinski definition) is 1. The van der Waals surface area contributed by atoms with E-state index in [1.54, 1.807) is 6.07 Å². The predicted molar refractivity (Wildman–Crippen MR) is 109 cm³/mol. The van der Waals surface area contributed by atoms with Crippen molar-refractivity contribution in [3.05, 3.63) is 63.7 Å². The topological polar surface area (TPSA) is 84.7 Å². The summed E-state index contributed by atoms with van der Waals surface area (Å²) in [4.78, 5) is 25.7. The van der Waals surface area contributed by atoms with E-state index in [1.807, 2.05) is 29.2 Å². The third-order valence-corrected chi connectivity index (χ3v) is 5.14. The molecule has 1 aliphatic rings. The summed E-state index contributed by atoms with van der Waals surface area (Å²) in [7, 11) is 0. The van der Waals surface area contributed by atoms with Crippen molar-refractivity contribution >= 4 is 23.0 Å². The third kappa shape index (κ3) is 4.48. The maximum absolute atomic E-state index is 12.9. The van der Waals surface area contributed by atoms with Crippen molar-refractivity contribution in [1.82, 2.24) is 0 Å². The first-order valence-corrected chi connectivity index (χ1v) is 9.52. The number of benzene rings is 2. The Kier molecular flexibility index (Phi) is 6.26. The first kappa shape index (κ1) is 19.8. The van der Waals surface area contributed by atoms with Crippen LogP contribution < -0.4 is 10.2 Å². The summed E-state index contributed by atoms with van der Waals surface area (Å²) in [5.74, 6) is 0.0935. The van der Waals surface area contributed by atoms with Gasteiger partial charge in [0.05, 0.1) is 29.4 Å². The smallest absolute Gasteiger partial charge is 0.270 e. The number of anilines is 2. The van der Waals surface area contributed by atoms with Crippen molar-refractivity contribution in [2.45, 2.75) is 26.2 Å². The SMILES string of the molecule is CC[C@@H](C)c1ccc(NC(=O)c2cc([N+](=O)[O-])ccc2N2CCOCC2)cc1. The Morgan fingerprint density at radius 1 is 1.21 bits per heavy atom. The van der Waals surface area contributed by atoms with E-state index in [4.69, 9.17) is 4.74 Å². The molecule has 7 heteroatoms.